The number of furan rings is 1. The molecule has 2 heterocycles. The first-order valence-electron chi connectivity index (χ1n) is 8.81. The van der Waals surface area contributed by atoms with Crippen LogP contribution in [0.5, 0.6) is 0 Å². The van der Waals surface area contributed by atoms with E-state index in [-0.39, 0.29) is 11.9 Å². The molecule has 0 spiro atoms. The zero-order chi connectivity index (χ0) is 20.5. The smallest absolute Gasteiger partial charge is 0.266 e. The first-order valence-corrected chi connectivity index (χ1v) is 10.8. The van der Waals surface area contributed by atoms with Crippen LogP contribution in [0.3, 0.4) is 0 Å². The highest BCUT2D eigenvalue weighted by atomic mass is 35.5. The Kier molecular flexibility index (Phi) is 5.83. The highest BCUT2D eigenvalue weighted by Crippen LogP contribution is 2.38. The van der Waals surface area contributed by atoms with E-state index >= 15 is 0 Å². The topological polar surface area (TPSA) is 33.5 Å². The molecule has 0 unspecified atom stereocenters. The summed E-state index contributed by atoms with van der Waals surface area (Å²) >= 11 is 18.8. The van der Waals surface area contributed by atoms with Crippen molar-refractivity contribution in [2.75, 3.05) is 0 Å². The molecule has 1 aliphatic rings. The molecule has 0 N–H and O–H groups in total. The van der Waals surface area contributed by atoms with Gasteiger partial charge in [-0.3, -0.25) is 9.69 Å². The zero-order valence-corrected chi connectivity index (χ0v) is 18.4. The zero-order valence-electron chi connectivity index (χ0n) is 15.3. The molecule has 1 saturated heterocycles. The number of amides is 1. The van der Waals surface area contributed by atoms with Crippen molar-refractivity contribution < 1.29 is 9.21 Å². The minimum atomic E-state index is -0.141. The molecule has 0 aliphatic carbocycles. The van der Waals surface area contributed by atoms with Crippen LogP contribution >= 0.6 is 47.2 Å². The van der Waals surface area contributed by atoms with E-state index in [9.17, 15) is 4.79 Å². The monoisotopic (exact) mass is 459 g/mol. The van der Waals surface area contributed by atoms with E-state index in [2.05, 4.69) is 0 Å². The summed E-state index contributed by atoms with van der Waals surface area (Å²) in [6, 6.07) is 18.6. The number of thioether (sulfide) groups is 1. The fraction of sp³-hybridized carbons (Fsp3) is 0.0909. The van der Waals surface area contributed by atoms with Gasteiger partial charge in [0.15, 0.2) is 0 Å². The number of halogens is 2. The summed E-state index contributed by atoms with van der Waals surface area (Å²) in [4.78, 5) is 15.1. The maximum absolute atomic E-state index is 13.0. The fourth-order valence-corrected chi connectivity index (χ4v) is 4.76. The SMILES string of the molecule is C[C@@H](c1ccccc1)N1C(=O)/C(=C\c2ccc(-c3ccc(Cl)c(Cl)c3)o2)SC1=S. The number of rotatable bonds is 4. The Bertz CT molecular complexity index is 1120. The lowest BCUT2D eigenvalue weighted by molar-refractivity contribution is -0.123. The number of carbonyl (C=O) groups excluding carboxylic acids is 1. The molecule has 29 heavy (non-hydrogen) atoms. The third kappa shape index (κ3) is 4.14. The van der Waals surface area contributed by atoms with Crippen molar-refractivity contribution in [1.29, 1.82) is 0 Å². The quantitative estimate of drug-likeness (QED) is 0.304. The second-order valence-corrected chi connectivity index (χ2v) is 8.96. The van der Waals surface area contributed by atoms with Crippen LogP contribution < -0.4 is 0 Å². The van der Waals surface area contributed by atoms with Crippen molar-refractivity contribution in [2.45, 2.75) is 13.0 Å². The van der Waals surface area contributed by atoms with Crippen molar-refractivity contribution in [1.82, 2.24) is 4.90 Å². The molecule has 4 rings (SSSR count). The summed E-state index contributed by atoms with van der Waals surface area (Å²) in [5, 5.41) is 0.941. The Hall–Kier alpha value is -2.05. The van der Waals surface area contributed by atoms with Gasteiger partial charge < -0.3 is 4.42 Å². The van der Waals surface area contributed by atoms with Gasteiger partial charge in [-0.25, -0.2) is 0 Å². The molecule has 1 aromatic heterocycles. The molecule has 0 saturated carbocycles. The van der Waals surface area contributed by atoms with E-state index in [4.69, 9.17) is 39.8 Å². The van der Waals surface area contributed by atoms with Crippen molar-refractivity contribution in [3.8, 4) is 11.3 Å². The molecule has 0 bridgehead atoms. The molecule has 146 valence electrons. The van der Waals surface area contributed by atoms with Gasteiger partial charge >= 0.3 is 0 Å². The lowest BCUT2D eigenvalue weighted by atomic mass is 10.1. The van der Waals surface area contributed by atoms with Crippen LogP contribution in [0.1, 0.15) is 24.3 Å². The molecule has 1 aliphatic heterocycles. The van der Waals surface area contributed by atoms with Gasteiger partial charge in [0, 0.05) is 11.6 Å². The fourth-order valence-electron chi connectivity index (χ4n) is 3.06. The van der Waals surface area contributed by atoms with Gasteiger partial charge in [0.1, 0.15) is 15.8 Å². The molecule has 1 fully saturated rings. The Morgan fingerprint density at radius 2 is 1.83 bits per heavy atom. The van der Waals surface area contributed by atoms with Crippen molar-refractivity contribution >= 4 is 63.5 Å². The maximum Gasteiger partial charge on any atom is 0.266 e. The van der Waals surface area contributed by atoms with Crippen LogP contribution in [0.15, 0.2) is 70.0 Å². The molecule has 1 atom stereocenters. The highest BCUT2D eigenvalue weighted by molar-refractivity contribution is 8.26. The first kappa shape index (κ1) is 20.2. The predicted molar refractivity (Wildman–Crippen MR) is 124 cm³/mol. The van der Waals surface area contributed by atoms with Crippen LogP contribution in [0, 0.1) is 0 Å². The van der Waals surface area contributed by atoms with Crippen molar-refractivity contribution in [2.24, 2.45) is 0 Å². The van der Waals surface area contributed by atoms with E-state index in [0.29, 0.717) is 30.8 Å². The molecule has 3 nitrogen and oxygen atoms in total. The third-order valence-electron chi connectivity index (χ3n) is 4.60. The standard InChI is InChI=1S/C22H15Cl2NO2S2/c1-13(14-5-3-2-4-6-14)25-21(26)20(29-22(25)28)12-16-8-10-19(27-16)15-7-9-17(23)18(24)11-15/h2-13H,1H3/b20-12+/t13-/m0/s1. The third-order valence-corrected chi connectivity index (χ3v) is 6.67. The van der Waals surface area contributed by atoms with Gasteiger partial charge in [-0.2, -0.15) is 0 Å². The number of carbonyl (C=O) groups is 1. The number of hydrogen-bond acceptors (Lipinski definition) is 4. The maximum atomic E-state index is 13.0. The minimum Gasteiger partial charge on any atom is -0.457 e. The lowest BCUT2D eigenvalue weighted by Gasteiger charge is -2.23. The number of nitrogens with zero attached hydrogens (tertiary/aromatic N) is 1. The number of benzene rings is 2. The van der Waals surface area contributed by atoms with Crippen LogP contribution in [-0.2, 0) is 4.79 Å². The first-order chi connectivity index (χ1) is 13.9. The van der Waals surface area contributed by atoms with Gasteiger partial charge in [0.25, 0.3) is 5.91 Å². The average molecular weight is 460 g/mol. The minimum absolute atomic E-state index is 0.121. The molecular formula is C22H15Cl2NO2S2. The van der Waals surface area contributed by atoms with Crippen LogP contribution in [-0.4, -0.2) is 15.1 Å². The van der Waals surface area contributed by atoms with Crippen molar-refractivity contribution in [3.05, 3.63) is 86.9 Å². The normalized spacial score (nSPS) is 16.7. The summed E-state index contributed by atoms with van der Waals surface area (Å²) in [6.07, 6.45) is 1.72. The van der Waals surface area contributed by atoms with Crippen LogP contribution in [0.25, 0.3) is 17.4 Å². The van der Waals surface area contributed by atoms with Gasteiger partial charge in [-0.1, -0.05) is 77.5 Å². The highest BCUT2D eigenvalue weighted by Gasteiger charge is 2.36. The lowest BCUT2D eigenvalue weighted by Crippen LogP contribution is -2.30. The van der Waals surface area contributed by atoms with E-state index in [0.717, 1.165) is 11.1 Å². The summed E-state index contributed by atoms with van der Waals surface area (Å²) < 4.78 is 6.42. The summed E-state index contributed by atoms with van der Waals surface area (Å²) in [5.41, 5.74) is 1.84. The molecular weight excluding hydrogens is 445 g/mol. The van der Waals surface area contributed by atoms with Crippen LogP contribution in [0.4, 0.5) is 0 Å². The molecule has 2 aromatic carbocycles. The van der Waals surface area contributed by atoms with Crippen molar-refractivity contribution in [3.63, 3.8) is 0 Å². The Balaban J connectivity index is 1.58. The second kappa shape index (κ2) is 8.36. The molecule has 3 aromatic rings. The number of hydrogen-bond donors (Lipinski definition) is 0. The largest absolute Gasteiger partial charge is 0.457 e. The summed E-state index contributed by atoms with van der Waals surface area (Å²) in [7, 11) is 0. The van der Waals surface area contributed by atoms with Gasteiger partial charge in [-0.05, 0) is 42.8 Å². The Labute approximate surface area is 188 Å². The van der Waals surface area contributed by atoms with E-state index in [1.165, 1.54) is 11.8 Å². The summed E-state index contributed by atoms with van der Waals surface area (Å²) in [5.74, 6) is 1.09. The number of thiocarbonyl (C=S) groups is 1. The van der Waals surface area contributed by atoms with E-state index in [1.807, 2.05) is 55.5 Å². The Morgan fingerprint density at radius 3 is 2.55 bits per heavy atom. The molecule has 1 amide bonds. The summed E-state index contributed by atoms with van der Waals surface area (Å²) in [6.45, 7) is 1.97. The van der Waals surface area contributed by atoms with Gasteiger partial charge in [0.2, 0.25) is 0 Å². The van der Waals surface area contributed by atoms with E-state index in [1.54, 1.807) is 23.1 Å². The molecule has 7 heteroatoms. The molecule has 0 radical (unpaired) electrons. The Morgan fingerprint density at radius 1 is 1.07 bits per heavy atom. The predicted octanol–water partition coefficient (Wildman–Crippen LogP) is 7.22. The second-order valence-electron chi connectivity index (χ2n) is 6.47. The van der Waals surface area contributed by atoms with E-state index < -0.39 is 0 Å². The average Bonchev–Trinajstić information content (AvgIpc) is 3.29. The van der Waals surface area contributed by atoms with Gasteiger partial charge in [0.05, 0.1) is 21.0 Å². The van der Waals surface area contributed by atoms with Gasteiger partial charge in [-0.15, -0.1) is 0 Å². The van der Waals surface area contributed by atoms with Crippen LogP contribution in [0.2, 0.25) is 10.0 Å².